The van der Waals surface area contributed by atoms with Gasteiger partial charge in [0.1, 0.15) is 5.82 Å². The van der Waals surface area contributed by atoms with Crippen LogP contribution in [-0.4, -0.2) is 55.3 Å². The maximum absolute atomic E-state index is 13.8. The van der Waals surface area contributed by atoms with E-state index < -0.39 is 0 Å². The molecule has 7 nitrogen and oxygen atoms in total. The number of morpholine rings is 1. The molecule has 39 heavy (non-hydrogen) atoms. The molecular formula is C32H37N5O2. The van der Waals surface area contributed by atoms with Crippen molar-refractivity contribution < 1.29 is 9.53 Å². The fourth-order valence-corrected chi connectivity index (χ4v) is 5.95. The van der Waals surface area contributed by atoms with Gasteiger partial charge in [-0.2, -0.15) is 0 Å². The topological polar surface area (TPSA) is 70.6 Å². The molecular weight excluding hydrogens is 486 g/mol. The number of benzene rings is 1. The second kappa shape index (κ2) is 11.6. The number of amides is 1. The van der Waals surface area contributed by atoms with E-state index in [1.807, 2.05) is 24.5 Å². The number of fused-ring (bicyclic) bond motifs is 1. The molecule has 3 aromatic rings. The number of ether oxygens (including phenoxy) is 1. The summed E-state index contributed by atoms with van der Waals surface area (Å²) in [5.41, 5.74) is 8.25. The van der Waals surface area contributed by atoms with Gasteiger partial charge in [-0.25, -0.2) is 4.98 Å². The van der Waals surface area contributed by atoms with Crippen LogP contribution in [0.25, 0.3) is 16.7 Å². The van der Waals surface area contributed by atoms with Crippen molar-refractivity contribution in [3.05, 3.63) is 71.7 Å². The first kappa shape index (κ1) is 25.6. The van der Waals surface area contributed by atoms with E-state index in [2.05, 4.69) is 56.3 Å². The summed E-state index contributed by atoms with van der Waals surface area (Å²) in [7, 11) is 0. The summed E-state index contributed by atoms with van der Waals surface area (Å²) in [6.07, 6.45) is 12.2. The van der Waals surface area contributed by atoms with Gasteiger partial charge in [-0.3, -0.25) is 9.78 Å². The van der Waals surface area contributed by atoms with Crippen LogP contribution in [-0.2, 0) is 16.0 Å². The predicted molar refractivity (Wildman–Crippen MR) is 157 cm³/mol. The lowest BCUT2D eigenvalue weighted by Gasteiger charge is -2.27. The standard InChI is InChI=1S/C32H37N5O2/c1-23-6-2-3-7-24-8-9-25(26-18-28(22-33-20-26)36-12-4-5-13-36)19-29(24)31(23)32(38)35-27-10-11-30(34-21-27)37-14-16-39-17-15-37/h8-11,18-22H,2-7,12-17H2,1H3,(H,35,38)/b31-23+. The molecule has 2 aromatic heterocycles. The van der Waals surface area contributed by atoms with Crippen LogP contribution in [0.5, 0.6) is 0 Å². The Morgan fingerprint density at radius 1 is 0.846 bits per heavy atom. The average Bonchev–Trinajstić information content (AvgIpc) is 3.51. The Hall–Kier alpha value is -3.71. The number of nitrogens with one attached hydrogen (secondary N) is 1. The van der Waals surface area contributed by atoms with Crippen LogP contribution in [0, 0.1) is 0 Å². The number of hydrogen-bond acceptors (Lipinski definition) is 6. The van der Waals surface area contributed by atoms with Crippen LogP contribution >= 0.6 is 0 Å². The number of aromatic nitrogens is 2. The number of allylic oxidation sites excluding steroid dienone is 1. The number of hydrogen-bond donors (Lipinski definition) is 1. The third-order valence-corrected chi connectivity index (χ3v) is 8.15. The van der Waals surface area contributed by atoms with E-state index in [0.717, 1.165) is 85.5 Å². The quantitative estimate of drug-likeness (QED) is 0.461. The van der Waals surface area contributed by atoms with E-state index in [1.54, 1.807) is 6.20 Å². The summed E-state index contributed by atoms with van der Waals surface area (Å²) in [5.74, 6) is 0.843. The number of rotatable bonds is 5. The first-order chi connectivity index (χ1) is 19.2. The molecule has 202 valence electrons. The Labute approximate surface area is 230 Å². The van der Waals surface area contributed by atoms with Gasteiger partial charge in [0.25, 0.3) is 5.91 Å². The maximum Gasteiger partial charge on any atom is 0.256 e. The second-order valence-electron chi connectivity index (χ2n) is 10.8. The highest BCUT2D eigenvalue weighted by Gasteiger charge is 2.22. The molecule has 7 heteroatoms. The Balaban J connectivity index is 1.29. The van der Waals surface area contributed by atoms with Crippen LogP contribution in [0.3, 0.4) is 0 Å². The largest absolute Gasteiger partial charge is 0.378 e. The van der Waals surface area contributed by atoms with Gasteiger partial charge in [0.15, 0.2) is 0 Å². The number of anilines is 3. The zero-order valence-electron chi connectivity index (χ0n) is 22.8. The molecule has 1 aliphatic carbocycles. The molecule has 0 unspecified atom stereocenters. The molecule has 1 amide bonds. The van der Waals surface area contributed by atoms with Gasteiger partial charge in [0.05, 0.1) is 37.0 Å². The molecule has 1 aromatic carbocycles. The van der Waals surface area contributed by atoms with Crippen LogP contribution in [0.2, 0.25) is 0 Å². The van der Waals surface area contributed by atoms with Crippen LogP contribution in [0.4, 0.5) is 17.2 Å². The van der Waals surface area contributed by atoms with Crippen molar-refractivity contribution in [1.29, 1.82) is 0 Å². The summed E-state index contributed by atoms with van der Waals surface area (Å²) in [6.45, 7) is 7.38. The highest BCUT2D eigenvalue weighted by Crippen LogP contribution is 2.34. The Morgan fingerprint density at radius 2 is 1.67 bits per heavy atom. The maximum atomic E-state index is 13.8. The molecule has 1 N–H and O–H groups in total. The molecule has 0 bridgehead atoms. The second-order valence-corrected chi connectivity index (χ2v) is 10.8. The highest BCUT2D eigenvalue weighted by atomic mass is 16.5. The lowest BCUT2D eigenvalue weighted by atomic mass is 9.86. The zero-order chi connectivity index (χ0) is 26.6. The van der Waals surface area contributed by atoms with Crippen molar-refractivity contribution in [2.24, 2.45) is 0 Å². The summed E-state index contributed by atoms with van der Waals surface area (Å²) < 4.78 is 5.45. The van der Waals surface area contributed by atoms with Crippen molar-refractivity contribution >= 4 is 28.7 Å². The Morgan fingerprint density at radius 3 is 2.46 bits per heavy atom. The summed E-state index contributed by atoms with van der Waals surface area (Å²) in [6, 6.07) is 12.8. The van der Waals surface area contributed by atoms with Gasteiger partial charge in [-0.05, 0) is 86.4 Å². The van der Waals surface area contributed by atoms with Crippen molar-refractivity contribution in [3.63, 3.8) is 0 Å². The molecule has 2 saturated heterocycles. The molecule has 4 heterocycles. The molecule has 2 fully saturated rings. The number of carbonyl (C=O) groups is 1. The normalized spacial score (nSPS) is 19.8. The number of pyridine rings is 2. The first-order valence-corrected chi connectivity index (χ1v) is 14.3. The van der Waals surface area contributed by atoms with E-state index in [1.165, 1.54) is 24.1 Å². The van der Waals surface area contributed by atoms with E-state index >= 15 is 0 Å². The number of nitrogens with zero attached hydrogens (tertiary/aromatic N) is 4. The molecule has 2 aliphatic heterocycles. The van der Waals surface area contributed by atoms with Crippen molar-refractivity contribution in [2.45, 2.75) is 45.4 Å². The summed E-state index contributed by atoms with van der Waals surface area (Å²) in [5, 5.41) is 3.15. The highest BCUT2D eigenvalue weighted by molar-refractivity contribution is 6.26. The molecule has 0 radical (unpaired) electrons. The number of aryl methyl sites for hydroxylation is 1. The van der Waals surface area contributed by atoms with Gasteiger partial charge in [-0.15, -0.1) is 0 Å². The van der Waals surface area contributed by atoms with E-state index in [9.17, 15) is 4.79 Å². The minimum absolute atomic E-state index is 0.0716. The monoisotopic (exact) mass is 523 g/mol. The van der Waals surface area contributed by atoms with Crippen LogP contribution in [0.1, 0.15) is 50.2 Å². The smallest absolute Gasteiger partial charge is 0.256 e. The average molecular weight is 524 g/mol. The number of carbonyl (C=O) groups excluding carboxylic acids is 1. The third kappa shape index (κ3) is 5.69. The predicted octanol–water partition coefficient (Wildman–Crippen LogP) is 5.72. The lowest BCUT2D eigenvalue weighted by molar-refractivity contribution is -0.111. The molecule has 0 spiro atoms. The van der Waals surface area contributed by atoms with Gasteiger partial charge >= 0.3 is 0 Å². The zero-order valence-corrected chi connectivity index (χ0v) is 22.8. The molecule has 6 rings (SSSR count). The third-order valence-electron chi connectivity index (χ3n) is 8.15. The fourth-order valence-electron chi connectivity index (χ4n) is 5.95. The van der Waals surface area contributed by atoms with Crippen molar-refractivity contribution in [2.75, 3.05) is 54.5 Å². The van der Waals surface area contributed by atoms with E-state index in [0.29, 0.717) is 18.9 Å². The lowest BCUT2D eigenvalue weighted by Crippen LogP contribution is -2.36. The first-order valence-electron chi connectivity index (χ1n) is 14.3. The Kier molecular flexibility index (Phi) is 7.59. The van der Waals surface area contributed by atoms with Gasteiger partial charge in [0, 0.05) is 43.5 Å². The van der Waals surface area contributed by atoms with E-state index in [-0.39, 0.29) is 5.91 Å². The fraction of sp³-hybridized carbons (Fsp3) is 0.406. The van der Waals surface area contributed by atoms with Crippen LogP contribution in [0.15, 0.2) is 60.6 Å². The van der Waals surface area contributed by atoms with E-state index in [4.69, 9.17) is 4.74 Å². The van der Waals surface area contributed by atoms with Crippen molar-refractivity contribution in [1.82, 2.24) is 9.97 Å². The van der Waals surface area contributed by atoms with Gasteiger partial charge in [0.2, 0.25) is 0 Å². The van der Waals surface area contributed by atoms with Gasteiger partial charge < -0.3 is 19.9 Å². The summed E-state index contributed by atoms with van der Waals surface area (Å²) >= 11 is 0. The van der Waals surface area contributed by atoms with Crippen molar-refractivity contribution in [3.8, 4) is 11.1 Å². The van der Waals surface area contributed by atoms with Gasteiger partial charge in [-0.1, -0.05) is 17.7 Å². The minimum atomic E-state index is -0.0716. The Bertz CT molecular complexity index is 1360. The summed E-state index contributed by atoms with van der Waals surface area (Å²) in [4.78, 5) is 27.6. The minimum Gasteiger partial charge on any atom is -0.378 e. The molecule has 3 aliphatic rings. The molecule has 0 saturated carbocycles. The molecule has 0 atom stereocenters. The van der Waals surface area contributed by atoms with Crippen LogP contribution < -0.4 is 15.1 Å². The SMILES string of the molecule is C/C1=C(\C(=O)Nc2ccc(N3CCOCC3)nc2)c2cc(-c3cncc(N4CCCC4)c3)ccc2CCCC1.